The number of fused-ring (bicyclic) bond motifs is 1. The Balaban J connectivity index is 1.70. The number of nitrogens with one attached hydrogen (secondary N) is 2. The van der Waals surface area contributed by atoms with Crippen LogP contribution >= 0.6 is 15.9 Å². The maximum Gasteiger partial charge on any atom is 0.262 e. The van der Waals surface area contributed by atoms with Crippen LogP contribution < -0.4 is 15.4 Å². The van der Waals surface area contributed by atoms with E-state index in [1.807, 2.05) is 30.3 Å². The lowest BCUT2D eigenvalue weighted by Crippen LogP contribution is -2.25. The molecule has 1 aromatic heterocycles. The van der Waals surface area contributed by atoms with Crippen molar-refractivity contribution < 1.29 is 9.53 Å². The van der Waals surface area contributed by atoms with Crippen molar-refractivity contribution in [3.05, 3.63) is 46.7 Å². The van der Waals surface area contributed by atoms with Gasteiger partial charge >= 0.3 is 0 Å². The number of benzene rings is 1. The van der Waals surface area contributed by atoms with Gasteiger partial charge in [-0.1, -0.05) is 6.07 Å². The molecular formula is C14H12BrN3O2. The molecule has 1 aliphatic heterocycles. The summed E-state index contributed by atoms with van der Waals surface area (Å²) < 4.78 is 6.12. The minimum Gasteiger partial charge on any atom is -0.482 e. The summed E-state index contributed by atoms with van der Waals surface area (Å²) >= 11 is 3.30. The molecule has 0 saturated carbocycles. The lowest BCUT2D eigenvalue weighted by atomic mass is 10.1. The molecule has 0 atom stereocenters. The Bertz CT molecular complexity index is 643. The summed E-state index contributed by atoms with van der Waals surface area (Å²) in [6, 6.07) is 9.57. The summed E-state index contributed by atoms with van der Waals surface area (Å²) in [7, 11) is 0. The molecule has 1 aliphatic rings. The smallest absolute Gasteiger partial charge is 0.262 e. The Hall–Kier alpha value is -2.08. The summed E-state index contributed by atoms with van der Waals surface area (Å²) in [5.41, 5.74) is 2.71. The molecule has 3 rings (SSSR count). The van der Waals surface area contributed by atoms with Crippen LogP contribution in [0.15, 0.2) is 41.1 Å². The number of pyridine rings is 1. The molecule has 0 fully saturated rings. The third-order valence-electron chi connectivity index (χ3n) is 2.90. The van der Waals surface area contributed by atoms with E-state index in [0.717, 1.165) is 21.5 Å². The number of carbonyl (C=O) groups excluding carboxylic acids is 1. The van der Waals surface area contributed by atoms with E-state index in [-0.39, 0.29) is 12.5 Å². The maximum absolute atomic E-state index is 11.3. The van der Waals surface area contributed by atoms with Crippen molar-refractivity contribution in [2.45, 2.75) is 6.54 Å². The van der Waals surface area contributed by atoms with Crippen LogP contribution in [-0.2, 0) is 11.3 Å². The zero-order valence-corrected chi connectivity index (χ0v) is 12.1. The number of ether oxygens (including phenoxy) is 1. The van der Waals surface area contributed by atoms with Crippen LogP contribution in [0, 0.1) is 0 Å². The Morgan fingerprint density at radius 1 is 1.35 bits per heavy atom. The molecule has 0 aliphatic carbocycles. The summed E-state index contributed by atoms with van der Waals surface area (Å²) in [6.07, 6.45) is 1.76. The second-order valence-electron chi connectivity index (χ2n) is 4.39. The van der Waals surface area contributed by atoms with Crippen molar-refractivity contribution in [2.75, 3.05) is 17.2 Å². The van der Waals surface area contributed by atoms with Gasteiger partial charge in [0.2, 0.25) is 0 Å². The Morgan fingerprint density at radius 2 is 2.25 bits per heavy atom. The van der Waals surface area contributed by atoms with Crippen LogP contribution in [0.2, 0.25) is 0 Å². The number of nitrogens with zero attached hydrogens (tertiary/aromatic N) is 1. The van der Waals surface area contributed by atoms with Gasteiger partial charge in [-0.15, -0.1) is 0 Å². The standard InChI is InChI=1S/C14H12BrN3O2/c15-13-4-2-10(7-17-13)16-6-9-1-3-12-11(5-9)18-14(19)8-20-12/h1-5,7,16H,6,8H2,(H,18,19). The average molecular weight is 334 g/mol. The predicted molar refractivity (Wildman–Crippen MR) is 79.8 cm³/mol. The molecule has 2 N–H and O–H groups in total. The van der Waals surface area contributed by atoms with Gasteiger partial charge in [0, 0.05) is 6.54 Å². The van der Waals surface area contributed by atoms with E-state index in [1.54, 1.807) is 6.20 Å². The molecule has 0 unspecified atom stereocenters. The first-order chi connectivity index (χ1) is 9.70. The highest BCUT2D eigenvalue weighted by Crippen LogP contribution is 2.28. The van der Waals surface area contributed by atoms with Gasteiger partial charge < -0.3 is 15.4 Å². The van der Waals surface area contributed by atoms with E-state index in [4.69, 9.17) is 4.74 Å². The maximum atomic E-state index is 11.3. The number of amides is 1. The topological polar surface area (TPSA) is 63.2 Å². The van der Waals surface area contributed by atoms with Crippen LogP contribution in [0.4, 0.5) is 11.4 Å². The minimum absolute atomic E-state index is 0.0785. The summed E-state index contributed by atoms with van der Waals surface area (Å²) in [4.78, 5) is 15.4. The predicted octanol–water partition coefficient (Wildman–Crippen LogP) is 2.79. The largest absolute Gasteiger partial charge is 0.482 e. The number of hydrogen-bond donors (Lipinski definition) is 2. The van der Waals surface area contributed by atoms with Crippen molar-refractivity contribution in [3.8, 4) is 5.75 Å². The molecule has 20 heavy (non-hydrogen) atoms. The Kier molecular flexibility index (Phi) is 3.56. The average Bonchev–Trinajstić information content (AvgIpc) is 2.46. The fraction of sp³-hybridized carbons (Fsp3) is 0.143. The number of halogens is 1. The third-order valence-corrected chi connectivity index (χ3v) is 3.37. The lowest BCUT2D eigenvalue weighted by molar-refractivity contribution is -0.118. The fourth-order valence-corrected chi connectivity index (χ4v) is 2.16. The molecule has 102 valence electrons. The van der Waals surface area contributed by atoms with Gasteiger partial charge in [-0.3, -0.25) is 4.79 Å². The molecule has 6 heteroatoms. The van der Waals surface area contributed by atoms with Gasteiger partial charge in [0.25, 0.3) is 5.91 Å². The molecule has 0 bridgehead atoms. The normalized spacial score (nSPS) is 13.2. The molecule has 5 nitrogen and oxygen atoms in total. The monoisotopic (exact) mass is 333 g/mol. The van der Waals surface area contributed by atoms with E-state index >= 15 is 0 Å². The highest BCUT2D eigenvalue weighted by molar-refractivity contribution is 9.10. The second kappa shape index (κ2) is 5.50. The van der Waals surface area contributed by atoms with Gasteiger partial charge in [0.05, 0.1) is 17.6 Å². The molecule has 0 radical (unpaired) electrons. The molecular weight excluding hydrogens is 322 g/mol. The molecule has 2 heterocycles. The van der Waals surface area contributed by atoms with Crippen LogP contribution in [0.1, 0.15) is 5.56 Å². The second-order valence-corrected chi connectivity index (χ2v) is 5.20. The lowest BCUT2D eigenvalue weighted by Gasteiger charge is -2.18. The first kappa shape index (κ1) is 12.9. The van der Waals surface area contributed by atoms with Gasteiger partial charge in [0.15, 0.2) is 6.61 Å². The Labute approximate surface area is 124 Å². The summed E-state index contributed by atoms with van der Waals surface area (Å²) in [5, 5.41) is 6.06. The Morgan fingerprint density at radius 3 is 3.05 bits per heavy atom. The molecule has 0 spiro atoms. The van der Waals surface area contributed by atoms with Crippen molar-refractivity contribution in [2.24, 2.45) is 0 Å². The molecule has 0 saturated heterocycles. The van der Waals surface area contributed by atoms with Crippen molar-refractivity contribution in [3.63, 3.8) is 0 Å². The number of anilines is 2. The van der Waals surface area contributed by atoms with Crippen molar-refractivity contribution in [1.82, 2.24) is 4.98 Å². The van der Waals surface area contributed by atoms with Crippen LogP contribution in [0.5, 0.6) is 5.75 Å². The van der Waals surface area contributed by atoms with E-state index in [1.165, 1.54) is 0 Å². The van der Waals surface area contributed by atoms with Gasteiger partial charge in [-0.05, 0) is 45.8 Å². The molecule has 1 amide bonds. The first-order valence-corrected chi connectivity index (χ1v) is 6.91. The highest BCUT2D eigenvalue weighted by atomic mass is 79.9. The van der Waals surface area contributed by atoms with Crippen molar-refractivity contribution in [1.29, 1.82) is 0 Å². The third kappa shape index (κ3) is 2.91. The number of hydrogen-bond acceptors (Lipinski definition) is 4. The van der Waals surface area contributed by atoms with Crippen LogP contribution in [0.25, 0.3) is 0 Å². The van der Waals surface area contributed by atoms with Gasteiger partial charge in [-0.25, -0.2) is 4.98 Å². The number of carbonyl (C=O) groups is 1. The van der Waals surface area contributed by atoms with Crippen LogP contribution in [-0.4, -0.2) is 17.5 Å². The first-order valence-electron chi connectivity index (χ1n) is 6.12. The van der Waals surface area contributed by atoms with Gasteiger partial charge in [-0.2, -0.15) is 0 Å². The van der Waals surface area contributed by atoms with Gasteiger partial charge in [0.1, 0.15) is 10.4 Å². The molecule has 2 aromatic rings. The quantitative estimate of drug-likeness (QED) is 0.848. The number of rotatable bonds is 3. The highest BCUT2D eigenvalue weighted by Gasteiger charge is 2.15. The van der Waals surface area contributed by atoms with E-state index < -0.39 is 0 Å². The zero-order chi connectivity index (χ0) is 13.9. The summed E-state index contributed by atoms with van der Waals surface area (Å²) in [6.45, 7) is 0.724. The van der Waals surface area contributed by atoms with E-state index in [9.17, 15) is 4.79 Å². The van der Waals surface area contributed by atoms with E-state index in [2.05, 4.69) is 31.5 Å². The molecule has 1 aromatic carbocycles. The number of aromatic nitrogens is 1. The van der Waals surface area contributed by atoms with Crippen molar-refractivity contribution >= 4 is 33.2 Å². The SMILES string of the molecule is O=C1COc2ccc(CNc3ccc(Br)nc3)cc2N1. The fourth-order valence-electron chi connectivity index (χ4n) is 1.92. The summed E-state index contributed by atoms with van der Waals surface area (Å²) in [5.74, 6) is 0.582. The van der Waals surface area contributed by atoms with Crippen LogP contribution in [0.3, 0.4) is 0 Å². The zero-order valence-electron chi connectivity index (χ0n) is 10.5. The minimum atomic E-state index is -0.125. The van der Waals surface area contributed by atoms with E-state index in [0.29, 0.717) is 12.3 Å².